The lowest BCUT2D eigenvalue weighted by Gasteiger charge is -2.27. The van der Waals surface area contributed by atoms with Gasteiger partial charge in [-0.05, 0) is 26.3 Å². The van der Waals surface area contributed by atoms with Crippen LogP contribution in [-0.2, 0) is 14.3 Å². The summed E-state index contributed by atoms with van der Waals surface area (Å²) in [6, 6.07) is 4.23. The molecule has 0 aromatic heterocycles. The summed E-state index contributed by atoms with van der Waals surface area (Å²) >= 11 is 0. The van der Waals surface area contributed by atoms with E-state index in [1.54, 1.807) is 20.8 Å². The molecule has 8 nitrogen and oxygen atoms in total. The number of hydrogen-bond acceptors (Lipinski definition) is 6. The number of benzene rings is 1. The van der Waals surface area contributed by atoms with Gasteiger partial charge in [0.15, 0.2) is 0 Å². The number of carboxylic acid groups (broad SMARTS) is 1. The van der Waals surface area contributed by atoms with E-state index in [2.05, 4.69) is 0 Å². The van der Waals surface area contributed by atoms with Crippen molar-refractivity contribution in [2.24, 2.45) is 5.73 Å². The van der Waals surface area contributed by atoms with Crippen molar-refractivity contribution in [1.82, 2.24) is 0 Å². The smallest absolute Gasteiger partial charge is 0.315 e. The first-order valence-corrected chi connectivity index (χ1v) is 6.96. The van der Waals surface area contributed by atoms with Crippen molar-refractivity contribution in [3.8, 4) is 0 Å². The van der Waals surface area contributed by atoms with Crippen molar-refractivity contribution >= 4 is 17.6 Å². The zero-order valence-electron chi connectivity index (χ0n) is 13.2. The minimum Gasteiger partial charge on any atom is -0.481 e. The van der Waals surface area contributed by atoms with Crippen molar-refractivity contribution in [2.45, 2.75) is 44.8 Å². The normalized spacial score (nSPS) is 13.9. The summed E-state index contributed by atoms with van der Waals surface area (Å²) in [5.74, 6) is -2.83. The minimum absolute atomic E-state index is 0.136. The molecule has 1 aromatic carbocycles. The van der Waals surface area contributed by atoms with Gasteiger partial charge in [-0.25, -0.2) is 0 Å². The number of non-ortho nitro benzene ring substituents is 1. The molecule has 3 N–H and O–H groups in total. The van der Waals surface area contributed by atoms with Crippen LogP contribution in [0.15, 0.2) is 24.3 Å². The summed E-state index contributed by atoms with van der Waals surface area (Å²) in [4.78, 5) is 33.4. The highest BCUT2D eigenvalue weighted by molar-refractivity contribution is 5.81. The fourth-order valence-electron chi connectivity index (χ4n) is 2.05. The van der Waals surface area contributed by atoms with Gasteiger partial charge in [0.25, 0.3) is 5.69 Å². The summed E-state index contributed by atoms with van der Waals surface area (Å²) in [7, 11) is 0. The van der Waals surface area contributed by atoms with Crippen molar-refractivity contribution in [3.05, 3.63) is 39.9 Å². The Morgan fingerprint density at radius 1 is 1.30 bits per heavy atom. The number of carbonyl (C=O) groups excluding carboxylic acids is 1. The predicted octanol–water partition coefficient (Wildman–Crippen LogP) is 1.82. The first kappa shape index (κ1) is 18.6. The van der Waals surface area contributed by atoms with Crippen molar-refractivity contribution in [3.63, 3.8) is 0 Å². The fourth-order valence-corrected chi connectivity index (χ4v) is 2.05. The second kappa shape index (κ2) is 7.19. The van der Waals surface area contributed by atoms with Gasteiger partial charge in [0.05, 0.1) is 17.3 Å². The number of nitro benzene ring substituents is 1. The van der Waals surface area contributed by atoms with Gasteiger partial charge in [-0.1, -0.05) is 12.1 Å². The first-order chi connectivity index (χ1) is 10.5. The molecule has 0 heterocycles. The molecule has 0 fully saturated rings. The Morgan fingerprint density at radius 2 is 1.83 bits per heavy atom. The van der Waals surface area contributed by atoms with Gasteiger partial charge < -0.3 is 15.6 Å². The van der Waals surface area contributed by atoms with Crippen LogP contribution in [0.1, 0.15) is 38.7 Å². The fraction of sp³-hybridized carbons (Fsp3) is 0.467. The van der Waals surface area contributed by atoms with E-state index >= 15 is 0 Å². The molecule has 0 aliphatic carbocycles. The molecule has 0 saturated carbocycles. The second-order valence-corrected chi connectivity index (χ2v) is 6.12. The van der Waals surface area contributed by atoms with Crippen LogP contribution in [0.3, 0.4) is 0 Å². The quantitative estimate of drug-likeness (QED) is 0.463. The Hall–Kier alpha value is -2.48. The highest BCUT2D eigenvalue weighted by atomic mass is 16.6. The summed E-state index contributed by atoms with van der Waals surface area (Å²) < 4.78 is 5.29. The van der Waals surface area contributed by atoms with Crippen molar-refractivity contribution in [2.75, 3.05) is 0 Å². The number of aliphatic carboxylic acids is 1. The van der Waals surface area contributed by atoms with Crippen LogP contribution in [0.25, 0.3) is 0 Å². The maximum Gasteiger partial charge on any atom is 0.315 e. The molecule has 23 heavy (non-hydrogen) atoms. The van der Waals surface area contributed by atoms with E-state index in [1.165, 1.54) is 24.3 Å². The molecule has 2 atom stereocenters. The largest absolute Gasteiger partial charge is 0.481 e. The molecule has 0 bridgehead atoms. The standard InChI is InChI=1S/C15H20N2O6/c1-15(2,3)23-14(20)13(11(16)8-12(18)19)9-4-6-10(7-5-9)17(21)22/h4-7,11,13H,8,16H2,1-3H3,(H,18,19)/t11-,13+/m0/s1. The Morgan fingerprint density at radius 3 is 2.22 bits per heavy atom. The van der Waals surface area contributed by atoms with Crippen LogP contribution in [0.5, 0.6) is 0 Å². The topological polar surface area (TPSA) is 133 Å². The van der Waals surface area contributed by atoms with E-state index in [0.29, 0.717) is 5.56 Å². The number of ether oxygens (including phenoxy) is 1. The van der Waals surface area contributed by atoms with Crippen LogP contribution in [0.4, 0.5) is 5.69 Å². The molecule has 0 spiro atoms. The van der Waals surface area contributed by atoms with E-state index < -0.39 is 40.8 Å². The maximum absolute atomic E-state index is 12.4. The number of nitrogens with zero attached hydrogens (tertiary/aromatic N) is 1. The van der Waals surface area contributed by atoms with Gasteiger partial charge >= 0.3 is 11.9 Å². The lowest BCUT2D eigenvalue weighted by atomic mass is 9.89. The Labute approximate surface area is 133 Å². The molecule has 126 valence electrons. The zero-order chi connectivity index (χ0) is 17.8. The lowest BCUT2D eigenvalue weighted by molar-refractivity contribution is -0.384. The van der Waals surface area contributed by atoms with Crippen molar-refractivity contribution in [1.29, 1.82) is 0 Å². The van der Waals surface area contributed by atoms with Gasteiger partial charge in [0.2, 0.25) is 0 Å². The summed E-state index contributed by atoms with van der Waals surface area (Å²) in [5.41, 5.74) is 5.33. The molecule has 0 aliphatic heterocycles. The lowest BCUT2D eigenvalue weighted by Crippen LogP contribution is -2.39. The highest BCUT2D eigenvalue weighted by Crippen LogP contribution is 2.26. The molecule has 8 heteroatoms. The Balaban J connectivity index is 3.14. The molecule has 0 unspecified atom stereocenters. The third kappa shape index (κ3) is 5.67. The SMILES string of the molecule is CC(C)(C)OC(=O)[C@H](c1ccc([N+](=O)[O-])cc1)[C@@H](N)CC(=O)O. The number of nitrogens with two attached hydrogens (primary N) is 1. The van der Waals surface area contributed by atoms with Crippen LogP contribution in [0.2, 0.25) is 0 Å². The third-order valence-electron chi connectivity index (χ3n) is 2.96. The average Bonchev–Trinajstić information content (AvgIpc) is 2.36. The number of carboxylic acids is 1. The van der Waals surface area contributed by atoms with Gasteiger partial charge in [-0.2, -0.15) is 0 Å². The van der Waals surface area contributed by atoms with Gasteiger partial charge in [0.1, 0.15) is 5.60 Å². The molecule has 0 saturated heterocycles. The number of carbonyl (C=O) groups is 2. The zero-order valence-corrected chi connectivity index (χ0v) is 13.2. The van der Waals surface area contributed by atoms with Crippen LogP contribution in [0, 0.1) is 10.1 Å². The summed E-state index contributed by atoms with van der Waals surface area (Å²) in [6.45, 7) is 5.04. The predicted molar refractivity (Wildman–Crippen MR) is 81.9 cm³/mol. The van der Waals surface area contributed by atoms with E-state index in [-0.39, 0.29) is 5.69 Å². The average molecular weight is 324 g/mol. The van der Waals surface area contributed by atoms with Crippen LogP contribution < -0.4 is 5.73 Å². The van der Waals surface area contributed by atoms with Crippen molar-refractivity contribution < 1.29 is 24.4 Å². The summed E-state index contributed by atoms with van der Waals surface area (Å²) in [6.07, 6.45) is -0.430. The second-order valence-electron chi connectivity index (χ2n) is 6.12. The Kier molecular flexibility index (Phi) is 5.80. The molecule has 0 radical (unpaired) electrons. The molecular weight excluding hydrogens is 304 g/mol. The molecule has 0 amide bonds. The van der Waals surface area contributed by atoms with Crippen LogP contribution >= 0.6 is 0 Å². The Bertz CT molecular complexity index is 591. The molecule has 1 rings (SSSR count). The van der Waals surface area contributed by atoms with Gasteiger partial charge in [-0.15, -0.1) is 0 Å². The van der Waals surface area contributed by atoms with E-state index in [9.17, 15) is 19.7 Å². The monoisotopic (exact) mass is 324 g/mol. The van der Waals surface area contributed by atoms with Gasteiger partial charge in [0, 0.05) is 18.2 Å². The number of nitro groups is 1. The van der Waals surface area contributed by atoms with E-state index in [4.69, 9.17) is 15.6 Å². The number of hydrogen-bond donors (Lipinski definition) is 2. The highest BCUT2D eigenvalue weighted by Gasteiger charge is 2.33. The first-order valence-electron chi connectivity index (χ1n) is 6.96. The number of rotatable bonds is 6. The van der Waals surface area contributed by atoms with E-state index in [1.807, 2.05) is 0 Å². The van der Waals surface area contributed by atoms with Crippen LogP contribution in [-0.4, -0.2) is 33.6 Å². The molecule has 1 aromatic rings. The van der Waals surface area contributed by atoms with E-state index in [0.717, 1.165) is 0 Å². The molecule has 0 aliphatic rings. The molecular formula is C15H20N2O6. The third-order valence-corrected chi connectivity index (χ3v) is 2.96. The number of esters is 1. The minimum atomic E-state index is -1.15. The summed E-state index contributed by atoms with van der Waals surface area (Å²) in [5, 5.41) is 19.6. The van der Waals surface area contributed by atoms with Gasteiger partial charge in [-0.3, -0.25) is 19.7 Å². The maximum atomic E-state index is 12.4.